The van der Waals surface area contributed by atoms with E-state index < -0.39 is 47.1 Å². The molecule has 4 rings (SSSR count). The third kappa shape index (κ3) is 17.2. The number of nitrogens with zero attached hydrogens (tertiary/aromatic N) is 2. The Morgan fingerprint density at radius 3 is 1.18 bits per heavy atom. The smallest absolute Gasteiger partial charge is 0.246 e. The number of likely N-dealkylation sites (tertiary alicyclic amines) is 2. The second-order valence-electron chi connectivity index (χ2n) is 22.6. The second-order valence-corrected chi connectivity index (χ2v) is 22.6. The maximum absolute atomic E-state index is 14.0. The molecule has 0 aromatic carbocycles. The van der Waals surface area contributed by atoms with Gasteiger partial charge in [-0.25, -0.2) is 0 Å². The van der Waals surface area contributed by atoms with Crippen LogP contribution < -0.4 is 31.9 Å². The van der Waals surface area contributed by atoms with E-state index in [4.69, 9.17) is 9.47 Å². The van der Waals surface area contributed by atoms with Crippen molar-refractivity contribution in [1.29, 1.82) is 0 Å². The van der Waals surface area contributed by atoms with Crippen LogP contribution in [0.25, 0.3) is 0 Å². The molecule has 2 aliphatic carbocycles. The lowest BCUT2D eigenvalue weighted by molar-refractivity contribution is -0.144. The van der Waals surface area contributed by atoms with E-state index >= 15 is 0 Å². The van der Waals surface area contributed by atoms with Gasteiger partial charge >= 0.3 is 0 Å². The molecule has 0 bridgehead atoms. The second kappa shape index (κ2) is 27.9. The van der Waals surface area contributed by atoms with E-state index in [-0.39, 0.29) is 47.5 Å². The standard InChI is InChI=1S/C52H94N8O8/c1-35(53-9)45(61)57-43(51(3,4)5)49(65)59-29-21-27-41(59)47(63)55-39(37-23-15-13-16-24-37)33-67-31-19-11-12-20-32-68-34-40(38-25-17-14-18-26-38)56-48(64)42-28-22-30-60(42)50(66)44(52(6,7)8)58-46(62)36(2)54-10/h35-44,53-54H,11-34H2,1-10H3,(H,55,63)(H,56,64)(H,57,61)(H,58,62)/t35-,36-,39+,40+,41-,42-,43+,44+/m0/s1. The van der Waals surface area contributed by atoms with Crippen molar-refractivity contribution in [3.05, 3.63) is 0 Å². The number of ether oxygens (including phenoxy) is 2. The highest BCUT2D eigenvalue weighted by Gasteiger charge is 2.45. The van der Waals surface area contributed by atoms with Gasteiger partial charge in [0.1, 0.15) is 24.2 Å². The highest BCUT2D eigenvalue weighted by Crippen LogP contribution is 2.31. The first-order chi connectivity index (χ1) is 32.3. The van der Waals surface area contributed by atoms with Crippen LogP contribution in [0.4, 0.5) is 0 Å². The summed E-state index contributed by atoms with van der Waals surface area (Å²) in [5.41, 5.74) is -1.08. The van der Waals surface area contributed by atoms with E-state index in [1.165, 1.54) is 12.8 Å². The van der Waals surface area contributed by atoms with Gasteiger partial charge < -0.3 is 51.2 Å². The summed E-state index contributed by atoms with van der Waals surface area (Å²) >= 11 is 0. The molecule has 68 heavy (non-hydrogen) atoms. The molecule has 390 valence electrons. The van der Waals surface area contributed by atoms with Crippen molar-refractivity contribution in [1.82, 2.24) is 41.7 Å². The van der Waals surface area contributed by atoms with Crippen LogP contribution in [0.3, 0.4) is 0 Å². The molecule has 8 atom stereocenters. The number of unbranched alkanes of at least 4 members (excludes halogenated alkanes) is 3. The maximum atomic E-state index is 14.0. The van der Waals surface area contributed by atoms with E-state index in [2.05, 4.69) is 31.9 Å². The van der Waals surface area contributed by atoms with Gasteiger partial charge in [-0.15, -0.1) is 0 Å². The van der Waals surface area contributed by atoms with Crippen molar-refractivity contribution in [2.24, 2.45) is 22.7 Å². The highest BCUT2D eigenvalue weighted by atomic mass is 16.5. The van der Waals surface area contributed by atoms with E-state index in [1.807, 2.05) is 41.5 Å². The van der Waals surface area contributed by atoms with Crippen molar-refractivity contribution < 1.29 is 38.2 Å². The van der Waals surface area contributed by atoms with Gasteiger partial charge in [0.25, 0.3) is 0 Å². The molecule has 6 N–H and O–H groups in total. The van der Waals surface area contributed by atoms with Crippen molar-refractivity contribution in [2.45, 2.75) is 219 Å². The van der Waals surface area contributed by atoms with Crippen LogP contribution in [0, 0.1) is 22.7 Å². The summed E-state index contributed by atoms with van der Waals surface area (Å²) in [6.07, 6.45) is 17.5. The predicted octanol–water partition coefficient (Wildman–Crippen LogP) is 4.97. The number of carbonyl (C=O) groups excluding carboxylic acids is 6. The molecule has 4 fully saturated rings. The lowest BCUT2D eigenvalue weighted by Gasteiger charge is -2.37. The lowest BCUT2D eigenvalue weighted by Crippen LogP contribution is -2.60. The lowest BCUT2D eigenvalue weighted by atomic mass is 9.84. The predicted molar refractivity (Wildman–Crippen MR) is 266 cm³/mol. The molecule has 16 heteroatoms. The summed E-state index contributed by atoms with van der Waals surface area (Å²) in [6.45, 7) is 18.2. The minimum Gasteiger partial charge on any atom is -0.379 e. The molecule has 0 aromatic heterocycles. The van der Waals surface area contributed by atoms with Crippen LogP contribution in [0.1, 0.15) is 171 Å². The Hall–Kier alpha value is -3.34. The minimum absolute atomic E-state index is 0.126. The zero-order valence-electron chi connectivity index (χ0n) is 43.9. The first-order valence-corrected chi connectivity index (χ1v) is 26.6. The fourth-order valence-electron chi connectivity index (χ4n) is 10.4. The first kappa shape index (κ1) is 57.2. The number of hydrogen-bond donors (Lipinski definition) is 6. The number of hydrogen-bond acceptors (Lipinski definition) is 10. The molecule has 2 heterocycles. The van der Waals surface area contributed by atoms with E-state index in [1.54, 1.807) is 37.7 Å². The molecule has 2 aliphatic heterocycles. The van der Waals surface area contributed by atoms with Crippen molar-refractivity contribution in [3.63, 3.8) is 0 Å². The van der Waals surface area contributed by atoms with Gasteiger partial charge in [-0.05, 0) is 115 Å². The molecule has 0 aromatic rings. The average Bonchev–Trinajstić information content (AvgIpc) is 4.02. The van der Waals surface area contributed by atoms with E-state index in [9.17, 15) is 28.8 Å². The third-order valence-electron chi connectivity index (χ3n) is 15.1. The number of amides is 6. The summed E-state index contributed by atoms with van der Waals surface area (Å²) in [7, 11) is 3.42. The molecule has 16 nitrogen and oxygen atoms in total. The normalized spacial score (nSPS) is 22.4. The Labute approximate surface area is 409 Å². The van der Waals surface area contributed by atoms with Crippen LogP contribution in [0.15, 0.2) is 0 Å². The molecule has 0 unspecified atom stereocenters. The number of nitrogens with one attached hydrogen (secondary N) is 6. The van der Waals surface area contributed by atoms with Crippen LogP contribution in [0.2, 0.25) is 0 Å². The van der Waals surface area contributed by atoms with Gasteiger partial charge in [-0.1, -0.05) is 92.9 Å². The summed E-state index contributed by atoms with van der Waals surface area (Å²) in [4.78, 5) is 85.1. The zero-order valence-corrected chi connectivity index (χ0v) is 43.9. The summed E-state index contributed by atoms with van der Waals surface area (Å²) in [5.74, 6) is -0.534. The van der Waals surface area contributed by atoms with Crippen molar-refractivity contribution >= 4 is 35.4 Å². The van der Waals surface area contributed by atoms with E-state index in [0.29, 0.717) is 64.2 Å². The number of likely N-dealkylation sites (N-methyl/N-ethyl adjacent to an activating group) is 2. The topological polar surface area (TPSA) is 200 Å². The zero-order chi connectivity index (χ0) is 50.0. The van der Waals surface area contributed by atoms with Crippen molar-refractivity contribution in [2.75, 3.05) is 53.6 Å². The monoisotopic (exact) mass is 959 g/mol. The maximum Gasteiger partial charge on any atom is 0.246 e. The van der Waals surface area contributed by atoms with Gasteiger partial charge in [0, 0.05) is 26.3 Å². The Kier molecular flexibility index (Phi) is 23.5. The quantitative estimate of drug-likeness (QED) is 0.0680. The molecule has 0 radical (unpaired) electrons. The minimum atomic E-state index is -0.758. The van der Waals surface area contributed by atoms with Crippen LogP contribution in [-0.2, 0) is 38.2 Å². The molecule has 0 spiro atoms. The largest absolute Gasteiger partial charge is 0.379 e. The Balaban J connectivity index is 1.23. The fourth-order valence-corrected chi connectivity index (χ4v) is 10.4. The summed E-state index contributed by atoms with van der Waals surface area (Å²) in [5, 5.41) is 18.5. The van der Waals surface area contributed by atoms with E-state index in [0.717, 1.165) is 89.9 Å². The highest BCUT2D eigenvalue weighted by molar-refractivity contribution is 5.95. The molecular weight excluding hydrogens is 865 g/mol. The summed E-state index contributed by atoms with van der Waals surface area (Å²) in [6, 6.07) is -3.83. The Morgan fingerprint density at radius 1 is 0.500 bits per heavy atom. The Morgan fingerprint density at radius 2 is 0.853 bits per heavy atom. The average molecular weight is 959 g/mol. The molecule has 2 saturated carbocycles. The Bertz CT molecular complexity index is 1490. The molecule has 6 amide bonds. The number of carbonyl (C=O) groups is 6. The number of rotatable bonds is 25. The van der Waals surface area contributed by atoms with Crippen LogP contribution in [-0.4, -0.2) is 147 Å². The third-order valence-corrected chi connectivity index (χ3v) is 15.1. The van der Waals surface area contributed by atoms with Crippen LogP contribution >= 0.6 is 0 Å². The van der Waals surface area contributed by atoms with Gasteiger partial charge in [-0.2, -0.15) is 0 Å². The van der Waals surface area contributed by atoms with Gasteiger partial charge in [0.15, 0.2) is 0 Å². The summed E-state index contributed by atoms with van der Waals surface area (Å²) < 4.78 is 12.5. The molecular formula is C52H94N8O8. The van der Waals surface area contributed by atoms with Crippen molar-refractivity contribution in [3.8, 4) is 0 Å². The molecule has 2 saturated heterocycles. The van der Waals surface area contributed by atoms with Gasteiger partial charge in [0.05, 0.1) is 37.4 Å². The van der Waals surface area contributed by atoms with Gasteiger partial charge in [-0.3, -0.25) is 28.8 Å². The SMILES string of the molecule is CN[C@@H](C)C(=O)N[C@H](C(=O)N1CCC[C@H]1C(=O)N[C@H](COCCCCCCOC[C@@H](NC(=O)[C@@H]1CCCN1C(=O)[C@@H](NC(=O)[C@H](C)NC)C(C)(C)C)C1CCCCC1)C1CCCCC1)C(C)(C)C. The van der Waals surface area contributed by atoms with Gasteiger partial charge in [0.2, 0.25) is 35.4 Å². The van der Waals surface area contributed by atoms with Crippen LogP contribution in [0.5, 0.6) is 0 Å². The fraction of sp³-hybridized carbons (Fsp3) is 0.885. The molecule has 4 aliphatic rings. The first-order valence-electron chi connectivity index (χ1n) is 26.6.